The summed E-state index contributed by atoms with van der Waals surface area (Å²) in [6.07, 6.45) is 0. The predicted molar refractivity (Wildman–Crippen MR) is 114 cm³/mol. The van der Waals surface area contributed by atoms with Crippen molar-refractivity contribution in [3.8, 4) is 0 Å². The number of amides is 1. The van der Waals surface area contributed by atoms with Gasteiger partial charge in [-0.3, -0.25) is 14.4 Å². The molecule has 1 amide bonds. The van der Waals surface area contributed by atoms with Crippen LogP contribution < -0.4 is 11.0 Å². The summed E-state index contributed by atoms with van der Waals surface area (Å²) in [6.45, 7) is 2.11. The van der Waals surface area contributed by atoms with Crippen molar-refractivity contribution in [2.45, 2.75) is 13.5 Å². The van der Waals surface area contributed by atoms with Gasteiger partial charge in [-0.2, -0.15) is 10.2 Å². The second-order valence-corrected chi connectivity index (χ2v) is 6.95. The molecule has 4 aromatic rings. The number of aryl methyl sites for hydroxylation is 1. The number of nitrogens with zero attached hydrogens (tertiary/aromatic N) is 3. The number of aromatic nitrogens is 2. The van der Waals surface area contributed by atoms with Gasteiger partial charge >= 0.3 is 0 Å². The Morgan fingerprint density at radius 3 is 2.40 bits per heavy atom. The minimum atomic E-state index is -0.586. The molecule has 0 aliphatic heterocycles. The lowest BCUT2D eigenvalue weighted by Gasteiger charge is -2.08. The minimum Gasteiger partial charge on any atom is -0.287 e. The predicted octanol–water partition coefficient (Wildman–Crippen LogP) is 2.90. The van der Waals surface area contributed by atoms with E-state index in [2.05, 4.69) is 15.6 Å². The van der Waals surface area contributed by atoms with Crippen molar-refractivity contribution >= 4 is 38.9 Å². The highest BCUT2D eigenvalue weighted by Crippen LogP contribution is 2.30. The molecule has 30 heavy (non-hydrogen) atoms. The molecule has 0 saturated heterocycles. The van der Waals surface area contributed by atoms with E-state index in [0.29, 0.717) is 28.4 Å². The maximum atomic E-state index is 12.9. The van der Waals surface area contributed by atoms with E-state index >= 15 is 0 Å². The first-order chi connectivity index (χ1) is 14.6. The molecule has 0 atom stereocenters. The van der Waals surface area contributed by atoms with Gasteiger partial charge < -0.3 is 0 Å². The van der Waals surface area contributed by atoms with E-state index in [0.717, 1.165) is 10.8 Å². The van der Waals surface area contributed by atoms with E-state index in [4.69, 9.17) is 0 Å². The SMILES string of the molecule is CCn1nc(C(=O)N/N=C2\C(=O)c3cccc4cccc2c34)c2ccccc2c1=O. The van der Waals surface area contributed by atoms with Gasteiger partial charge in [0.25, 0.3) is 11.5 Å². The molecule has 1 heterocycles. The van der Waals surface area contributed by atoms with Crippen molar-refractivity contribution in [3.05, 3.63) is 87.8 Å². The lowest BCUT2D eigenvalue weighted by molar-refractivity contribution is 0.0949. The number of nitrogens with one attached hydrogen (secondary N) is 1. The number of fused-ring (bicyclic) bond motifs is 1. The molecular formula is C23H16N4O3. The van der Waals surface area contributed by atoms with E-state index in [9.17, 15) is 14.4 Å². The molecule has 3 aromatic carbocycles. The lowest BCUT2D eigenvalue weighted by Crippen LogP contribution is -2.29. The molecule has 1 aliphatic rings. The fourth-order valence-electron chi connectivity index (χ4n) is 3.87. The number of ketones is 1. The van der Waals surface area contributed by atoms with Crippen LogP contribution in [0, 0.1) is 0 Å². The Kier molecular flexibility index (Phi) is 4.03. The van der Waals surface area contributed by atoms with E-state index in [-0.39, 0.29) is 22.7 Å². The Morgan fingerprint density at radius 2 is 1.67 bits per heavy atom. The van der Waals surface area contributed by atoms with Gasteiger partial charge in [-0.15, -0.1) is 0 Å². The van der Waals surface area contributed by atoms with E-state index in [1.807, 2.05) is 30.3 Å². The first kappa shape index (κ1) is 17.9. The third-order valence-corrected chi connectivity index (χ3v) is 5.27. The van der Waals surface area contributed by atoms with Crippen LogP contribution in [0.2, 0.25) is 0 Å². The molecule has 7 heteroatoms. The van der Waals surface area contributed by atoms with Gasteiger partial charge in [-0.1, -0.05) is 54.6 Å². The van der Waals surface area contributed by atoms with Crippen molar-refractivity contribution in [3.63, 3.8) is 0 Å². The van der Waals surface area contributed by atoms with Crippen molar-refractivity contribution in [1.82, 2.24) is 15.2 Å². The summed E-state index contributed by atoms with van der Waals surface area (Å²) in [5.74, 6) is -0.824. The third-order valence-electron chi connectivity index (χ3n) is 5.27. The van der Waals surface area contributed by atoms with Gasteiger partial charge in [0.15, 0.2) is 5.69 Å². The number of hydrogen-bond acceptors (Lipinski definition) is 5. The van der Waals surface area contributed by atoms with Gasteiger partial charge in [-0.05, 0) is 18.4 Å². The van der Waals surface area contributed by atoms with Crippen LogP contribution in [0.5, 0.6) is 0 Å². The second kappa shape index (κ2) is 6.73. The zero-order valence-electron chi connectivity index (χ0n) is 16.0. The number of hydrazone groups is 1. The fourth-order valence-corrected chi connectivity index (χ4v) is 3.87. The molecule has 0 unspecified atom stereocenters. The number of carbonyl (C=O) groups excluding carboxylic acids is 2. The van der Waals surface area contributed by atoms with Crippen LogP contribution in [0.1, 0.15) is 33.3 Å². The molecule has 1 aliphatic carbocycles. The fraction of sp³-hybridized carbons (Fsp3) is 0.0870. The highest BCUT2D eigenvalue weighted by molar-refractivity contribution is 6.59. The third kappa shape index (κ3) is 2.56. The van der Waals surface area contributed by atoms with Gasteiger partial charge in [0.2, 0.25) is 5.78 Å². The minimum absolute atomic E-state index is 0.0811. The van der Waals surface area contributed by atoms with Crippen LogP contribution in [0.25, 0.3) is 21.5 Å². The maximum Gasteiger partial charge on any atom is 0.292 e. The topological polar surface area (TPSA) is 93.4 Å². The number of hydrogen-bond donors (Lipinski definition) is 1. The summed E-state index contributed by atoms with van der Waals surface area (Å²) in [7, 11) is 0. The lowest BCUT2D eigenvalue weighted by atomic mass is 10.1. The molecule has 7 nitrogen and oxygen atoms in total. The Morgan fingerprint density at radius 1 is 0.967 bits per heavy atom. The molecular weight excluding hydrogens is 380 g/mol. The van der Waals surface area contributed by atoms with Gasteiger partial charge in [-0.25, -0.2) is 10.1 Å². The highest BCUT2D eigenvalue weighted by Gasteiger charge is 2.29. The maximum absolute atomic E-state index is 12.9. The van der Waals surface area contributed by atoms with Crippen LogP contribution in [0.4, 0.5) is 0 Å². The standard InChI is InChI=1S/C23H16N4O3/c1-2-27-23(30)15-10-4-3-9-14(15)20(26-27)22(29)25-24-19-16-11-5-7-13-8-6-12-17(18(13)16)21(19)28/h3-12H,2H2,1H3,(H,25,29)/b24-19-. The van der Waals surface area contributed by atoms with Gasteiger partial charge in [0.05, 0.1) is 5.39 Å². The molecule has 0 bridgehead atoms. The van der Waals surface area contributed by atoms with Crippen molar-refractivity contribution in [2.75, 3.05) is 0 Å². The summed E-state index contributed by atoms with van der Waals surface area (Å²) in [5.41, 5.74) is 3.72. The summed E-state index contributed by atoms with van der Waals surface area (Å²) in [5, 5.41) is 11.0. The number of carbonyl (C=O) groups is 2. The molecule has 5 rings (SSSR count). The smallest absolute Gasteiger partial charge is 0.287 e. The van der Waals surface area contributed by atoms with Crippen molar-refractivity contribution in [2.24, 2.45) is 5.10 Å². The first-order valence-corrected chi connectivity index (χ1v) is 9.55. The van der Waals surface area contributed by atoms with E-state index in [1.54, 1.807) is 37.3 Å². The normalized spacial score (nSPS) is 14.0. The number of benzene rings is 3. The molecule has 1 aromatic heterocycles. The molecule has 146 valence electrons. The van der Waals surface area contributed by atoms with Crippen LogP contribution in [-0.4, -0.2) is 27.2 Å². The second-order valence-electron chi connectivity index (χ2n) is 6.95. The monoisotopic (exact) mass is 396 g/mol. The molecule has 0 spiro atoms. The zero-order valence-corrected chi connectivity index (χ0v) is 16.0. The van der Waals surface area contributed by atoms with Crippen LogP contribution in [0.15, 0.2) is 70.6 Å². The van der Waals surface area contributed by atoms with Gasteiger partial charge in [0, 0.05) is 28.4 Å². The Labute approximate surface area is 170 Å². The highest BCUT2D eigenvalue weighted by atomic mass is 16.2. The summed E-state index contributed by atoms with van der Waals surface area (Å²) >= 11 is 0. The van der Waals surface area contributed by atoms with Crippen LogP contribution >= 0.6 is 0 Å². The number of Topliss-reactive ketones (excluding diaryl/α,β-unsaturated/α-hetero) is 1. The quantitative estimate of drug-likeness (QED) is 0.539. The number of rotatable bonds is 3. The first-order valence-electron chi connectivity index (χ1n) is 9.55. The summed E-state index contributed by atoms with van der Waals surface area (Å²) < 4.78 is 1.24. The van der Waals surface area contributed by atoms with E-state index in [1.165, 1.54) is 4.68 Å². The Hall–Kier alpha value is -4.13. The van der Waals surface area contributed by atoms with Crippen LogP contribution in [-0.2, 0) is 6.54 Å². The van der Waals surface area contributed by atoms with E-state index < -0.39 is 5.91 Å². The molecule has 0 saturated carbocycles. The van der Waals surface area contributed by atoms with Crippen LogP contribution in [0.3, 0.4) is 0 Å². The van der Waals surface area contributed by atoms with Crippen molar-refractivity contribution in [1.29, 1.82) is 0 Å². The zero-order chi connectivity index (χ0) is 20.8. The average molecular weight is 396 g/mol. The summed E-state index contributed by atoms with van der Waals surface area (Å²) in [4.78, 5) is 38.2. The molecule has 0 fully saturated rings. The Bertz CT molecular complexity index is 1460. The van der Waals surface area contributed by atoms with Crippen molar-refractivity contribution < 1.29 is 9.59 Å². The summed E-state index contributed by atoms with van der Waals surface area (Å²) in [6, 6.07) is 17.9. The molecule has 0 radical (unpaired) electrons. The van der Waals surface area contributed by atoms with Gasteiger partial charge in [0.1, 0.15) is 5.71 Å². The Balaban J connectivity index is 1.57. The largest absolute Gasteiger partial charge is 0.292 e. The molecule has 1 N–H and O–H groups in total. The average Bonchev–Trinajstić information content (AvgIpc) is 3.06.